The van der Waals surface area contributed by atoms with Crippen molar-refractivity contribution in [3.8, 4) is 0 Å². The zero-order chi connectivity index (χ0) is 16.6. The van der Waals surface area contributed by atoms with Crippen LogP contribution in [-0.2, 0) is 19.1 Å². The Kier molecular flexibility index (Phi) is 3.67. The van der Waals surface area contributed by atoms with Gasteiger partial charge in [-0.1, -0.05) is 6.07 Å². The Morgan fingerprint density at radius 2 is 2.00 bits per heavy atom. The Bertz CT molecular complexity index is 797. The maximum absolute atomic E-state index is 12.5. The molecule has 0 unspecified atom stereocenters. The summed E-state index contributed by atoms with van der Waals surface area (Å²) in [5.41, 5.74) is 0.480. The number of alkyl halides is 3. The van der Waals surface area contributed by atoms with Crippen LogP contribution < -0.4 is 5.56 Å². The average Bonchev–Trinajstić information content (AvgIpc) is 2.53. The van der Waals surface area contributed by atoms with E-state index in [9.17, 15) is 22.8 Å². The Labute approximate surface area is 128 Å². The summed E-state index contributed by atoms with van der Waals surface area (Å²) in [5.74, 6) is -0.386. The highest BCUT2D eigenvalue weighted by Crippen LogP contribution is 2.27. The summed E-state index contributed by atoms with van der Waals surface area (Å²) >= 11 is 0. The topological polar surface area (TPSA) is 66.1 Å². The maximum atomic E-state index is 12.5. The van der Waals surface area contributed by atoms with Crippen molar-refractivity contribution in [3.63, 3.8) is 0 Å². The van der Waals surface area contributed by atoms with Crippen molar-refractivity contribution in [3.05, 3.63) is 63.3 Å². The van der Waals surface area contributed by atoms with Crippen molar-refractivity contribution in [1.82, 2.24) is 14.9 Å². The third-order valence-corrected chi connectivity index (χ3v) is 3.68. The van der Waals surface area contributed by atoms with Gasteiger partial charge < -0.3 is 9.88 Å². The number of halogens is 3. The molecule has 0 saturated heterocycles. The van der Waals surface area contributed by atoms with Crippen molar-refractivity contribution in [1.29, 1.82) is 0 Å². The lowest BCUT2D eigenvalue weighted by Gasteiger charge is -2.28. The van der Waals surface area contributed by atoms with Crippen LogP contribution in [0.4, 0.5) is 13.2 Å². The lowest BCUT2D eigenvalue weighted by Crippen LogP contribution is -2.37. The molecule has 0 spiro atoms. The first-order valence-electron chi connectivity index (χ1n) is 6.88. The van der Waals surface area contributed by atoms with Gasteiger partial charge in [-0.3, -0.25) is 14.6 Å². The van der Waals surface area contributed by atoms with Crippen LogP contribution in [0.1, 0.15) is 27.3 Å². The highest BCUT2D eigenvalue weighted by molar-refractivity contribution is 5.94. The number of pyridine rings is 2. The molecule has 0 radical (unpaired) electrons. The van der Waals surface area contributed by atoms with Gasteiger partial charge in [-0.05, 0) is 17.7 Å². The van der Waals surface area contributed by atoms with E-state index in [1.807, 2.05) is 0 Å². The molecule has 1 aliphatic rings. The van der Waals surface area contributed by atoms with E-state index in [1.54, 1.807) is 6.07 Å². The molecule has 5 nitrogen and oxygen atoms in total. The van der Waals surface area contributed by atoms with Gasteiger partial charge >= 0.3 is 6.18 Å². The summed E-state index contributed by atoms with van der Waals surface area (Å²) in [4.78, 5) is 31.2. The molecule has 1 N–H and O–H groups in total. The quantitative estimate of drug-likeness (QED) is 0.873. The number of H-pyrrole nitrogens is 1. The molecule has 0 saturated carbocycles. The first-order valence-corrected chi connectivity index (χ1v) is 6.88. The zero-order valence-corrected chi connectivity index (χ0v) is 11.9. The minimum absolute atomic E-state index is 0.103. The van der Waals surface area contributed by atoms with Gasteiger partial charge in [-0.25, -0.2) is 0 Å². The number of hydrogen-bond donors (Lipinski definition) is 1. The van der Waals surface area contributed by atoms with Crippen LogP contribution >= 0.6 is 0 Å². The van der Waals surface area contributed by atoms with Gasteiger partial charge in [0.05, 0.1) is 5.56 Å². The molecular weight excluding hydrogens is 311 g/mol. The summed E-state index contributed by atoms with van der Waals surface area (Å²) in [6, 6.07) is 4.95. The second kappa shape index (κ2) is 5.53. The lowest BCUT2D eigenvalue weighted by atomic mass is 10.0. The highest BCUT2D eigenvalue weighted by Gasteiger charge is 2.32. The predicted octanol–water partition coefficient (Wildman–Crippen LogP) is 1.99. The van der Waals surface area contributed by atoms with Gasteiger partial charge in [0.1, 0.15) is 5.69 Å². The fourth-order valence-electron chi connectivity index (χ4n) is 2.49. The number of aromatic amines is 1. The second-order valence-corrected chi connectivity index (χ2v) is 5.23. The van der Waals surface area contributed by atoms with Crippen molar-refractivity contribution >= 4 is 5.91 Å². The molecule has 8 heteroatoms. The largest absolute Gasteiger partial charge is 0.433 e. The van der Waals surface area contributed by atoms with Gasteiger partial charge in [-0.15, -0.1) is 0 Å². The van der Waals surface area contributed by atoms with Crippen LogP contribution in [0.3, 0.4) is 0 Å². The molecule has 3 rings (SSSR count). The third kappa shape index (κ3) is 3.10. The summed E-state index contributed by atoms with van der Waals surface area (Å²) in [5, 5.41) is 0. The first-order chi connectivity index (χ1) is 10.8. The van der Waals surface area contributed by atoms with Gasteiger partial charge in [0.2, 0.25) is 5.56 Å². The van der Waals surface area contributed by atoms with Crippen molar-refractivity contribution < 1.29 is 18.0 Å². The molecule has 120 valence electrons. The standard InChI is InChI=1S/C15H12F3N3O2/c16-15(17,18)12-3-1-9(7-19-12)14(23)21-6-5-11-10(8-21)2-4-13(22)20-11/h1-4,7H,5-6,8H2,(H,20,22). The number of rotatable bonds is 1. The van der Waals surface area contributed by atoms with Crippen molar-refractivity contribution in [2.75, 3.05) is 6.54 Å². The summed E-state index contributed by atoms with van der Waals surface area (Å²) in [6.07, 6.45) is -3.10. The fraction of sp³-hybridized carbons (Fsp3) is 0.267. The molecule has 23 heavy (non-hydrogen) atoms. The van der Waals surface area contributed by atoms with E-state index in [0.29, 0.717) is 19.5 Å². The molecule has 3 heterocycles. The van der Waals surface area contributed by atoms with E-state index in [-0.39, 0.29) is 17.0 Å². The summed E-state index contributed by atoms with van der Waals surface area (Å²) in [6.45, 7) is 0.679. The van der Waals surface area contributed by atoms with Crippen LogP contribution in [0, 0.1) is 0 Å². The van der Waals surface area contributed by atoms with E-state index < -0.39 is 11.9 Å². The number of fused-ring (bicyclic) bond motifs is 1. The SMILES string of the molecule is O=C(c1ccc(C(F)(F)F)nc1)N1CCc2[nH]c(=O)ccc2C1. The Hall–Kier alpha value is -2.64. The summed E-state index contributed by atoms with van der Waals surface area (Å²) < 4.78 is 37.5. The number of hydrogen-bond acceptors (Lipinski definition) is 3. The Morgan fingerprint density at radius 3 is 2.65 bits per heavy atom. The Morgan fingerprint density at radius 1 is 1.22 bits per heavy atom. The van der Waals surface area contributed by atoms with Crippen molar-refractivity contribution in [2.45, 2.75) is 19.1 Å². The number of nitrogens with zero attached hydrogens (tertiary/aromatic N) is 2. The molecule has 0 fully saturated rings. The molecule has 2 aromatic heterocycles. The van der Waals surface area contributed by atoms with Crippen LogP contribution in [0.5, 0.6) is 0 Å². The van der Waals surface area contributed by atoms with E-state index in [1.165, 1.54) is 11.0 Å². The molecule has 0 atom stereocenters. The molecule has 0 aliphatic carbocycles. The molecular formula is C15H12F3N3O2. The van der Waals surface area contributed by atoms with Crippen LogP contribution in [0.25, 0.3) is 0 Å². The second-order valence-electron chi connectivity index (χ2n) is 5.23. The minimum Gasteiger partial charge on any atom is -0.334 e. The molecule has 2 aromatic rings. The smallest absolute Gasteiger partial charge is 0.334 e. The first kappa shape index (κ1) is 15.3. The van der Waals surface area contributed by atoms with Crippen molar-refractivity contribution in [2.24, 2.45) is 0 Å². The number of carbonyl (C=O) groups is 1. The molecule has 1 aliphatic heterocycles. The zero-order valence-electron chi connectivity index (χ0n) is 11.9. The molecule has 0 bridgehead atoms. The molecule has 1 amide bonds. The van der Waals surface area contributed by atoms with E-state index in [4.69, 9.17) is 0 Å². The monoisotopic (exact) mass is 323 g/mol. The van der Waals surface area contributed by atoms with Gasteiger partial charge in [0.15, 0.2) is 0 Å². The van der Waals surface area contributed by atoms with Gasteiger partial charge in [0.25, 0.3) is 5.91 Å². The maximum Gasteiger partial charge on any atom is 0.433 e. The third-order valence-electron chi connectivity index (χ3n) is 3.68. The lowest BCUT2D eigenvalue weighted by molar-refractivity contribution is -0.141. The Balaban J connectivity index is 1.79. The van der Waals surface area contributed by atoms with Crippen LogP contribution in [0.15, 0.2) is 35.3 Å². The number of nitrogens with one attached hydrogen (secondary N) is 1. The highest BCUT2D eigenvalue weighted by atomic mass is 19.4. The summed E-state index contributed by atoms with van der Waals surface area (Å²) in [7, 11) is 0. The predicted molar refractivity (Wildman–Crippen MR) is 74.7 cm³/mol. The van der Waals surface area contributed by atoms with Crippen LogP contribution in [-0.4, -0.2) is 27.3 Å². The van der Waals surface area contributed by atoms with E-state index >= 15 is 0 Å². The van der Waals surface area contributed by atoms with E-state index in [2.05, 4.69) is 9.97 Å². The van der Waals surface area contributed by atoms with Gasteiger partial charge in [-0.2, -0.15) is 13.2 Å². The number of carbonyl (C=O) groups excluding carboxylic acids is 1. The van der Waals surface area contributed by atoms with Crippen LogP contribution in [0.2, 0.25) is 0 Å². The average molecular weight is 323 g/mol. The molecule has 0 aromatic carbocycles. The number of amides is 1. The number of aromatic nitrogens is 2. The minimum atomic E-state index is -4.53. The fourth-order valence-corrected chi connectivity index (χ4v) is 2.49. The van der Waals surface area contributed by atoms with Gasteiger partial charge in [0, 0.05) is 37.5 Å². The van der Waals surface area contributed by atoms with E-state index in [0.717, 1.165) is 29.6 Å². The normalized spacial score (nSPS) is 14.5.